The average molecular weight is 541 g/mol. The van der Waals surface area contributed by atoms with E-state index < -0.39 is 11.8 Å². The van der Waals surface area contributed by atoms with E-state index in [9.17, 15) is 19.2 Å². The molecule has 0 saturated carbocycles. The van der Waals surface area contributed by atoms with Gasteiger partial charge < -0.3 is 9.47 Å². The summed E-state index contributed by atoms with van der Waals surface area (Å²) in [6, 6.07) is 13.8. The Kier molecular flexibility index (Phi) is 14.5. The summed E-state index contributed by atoms with van der Waals surface area (Å²) in [5.74, 6) is -0.453. The Morgan fingerprint density at radius 2 is 0.949 bits per heavy atom. The molecule has 0 aliphatic rings. The summed E-state index contributed by atoms with van der Waals surface area (Å²) < 4.78 is 11.2. The van der Waals surface area contributed by atoms with E-state index in [1.54, 1.807) is 48.5 Å². The summed E-state index contributed by atoms with van der Waals surface area (Å²) in [6.45, 7) is 4.96. The smallest absolute Gasteiger partial charge is 0.273 e. The van der Waals surface area contributed by atoms with Crippen molar-refractivity contribution in [2.75, 3.05) is 13.2 Å². The highest BCUT2D eigenvalue weighted by molar-refractivity contribution is 5.98. The Labute approximate surface area is 230 Å². The first-order chi connectivity index (χ1) is 19.0. The standard InChI is InChI=1S/C29H40N4O6/c1-3-20-38-24-16-12-10-14-22(24)28(36)32-30-26(34)18-8-6-5-7-9-19-27(35)31-33-29(37)23-15-11-13-17-25(23)39-21-4-2/h10-17H,3-9,18-21H2,1-2H3,(H,30,34)(H,31,35)(H,32,36)(H,33,37). The van der Waals surface area contributed by atoms with Gasteiger partial charge in [-0.2, -0.15) is 0 Å². The van der Waals surface area contributed by atoms with E-state index in [-0.39, 0.29) is 24.7 Å². The second-order valence-corrected chi connectivity index (χ2v) is 8.96. The van der Waals surface area contributed by atoms with Gasteiger partial charge in [0.25, 0.3) is 11.8 Å². The third kappa shape index (κ3) is 11.9. The second kappa shape index (κ2) is 18.2. The number of carbonyl (C=O) groups excluding carboxylic acids is 4. The van der Waals surface area contributed by atoms with E-state index in [1.165, 1.54) is 0 Å². The van der Waals surface area contributed by atoms with E-state index >= 15 is 0 Å². The van der Waals surface area contributed by atoms with Gasteiger partial charge >= 0.3 is 0 Å². The lowest BCUT2D eigenvalue weighted by molar-refractivity contribution is -0.122. The zero-order valence-electron chi connectivity index (χ0n) is 22.8. The zero-order chi connectivity index (χ0) is 28.3. The fourth-order valence-corrected chi connectivity index (χ4v) is 3.60. The van der Waals surface area contributed by atoms with E-state index in [0.717, 1.165) is 32.1 Å². The SMILES string of the molecule is CCCOc1ccccc1C(=O)NNC(=O)CCCCCCCC(=O)NNC(=O)c1ccccc1OCCC. The largest absolute Gasteiger partial charge is 0.493 e. The normalized spacial score (nSPS) is 10.3. The Hall–Kier alpha value is -4.08. The Morgan fingerprint density at radius 1 is 0.564 bits per heavy atom. The van der Waals surface area contributed by atoms with Crippen LogP contribution in [0.3, 0.4) is 0 Å². The van der Waals surface area contributed by atoms with Crippen LogP contribution in [0.5, 0.6) is 11.5 Å². The van der Waals surface area contributed by atoms with Gasteiger partial charge in [0.15, 0.2) is 0 Å². The van der Waals surface area contributed by atoms with Gasteiger partial charge in [-0.3, -0.25) is 40.9 Å². The number of hydrogen-bond donors (Lipinski definition) is 4. The van der Waals surface area contributed by atoms with E-state index in [0.29, 0.717) is 48.7 Å². The Bertz CT molecular complexity index is 992. The summed E-state index contributed by atoms with van der Waals surface area (Å²) >= 11 is 0. The molecule has 0 saturated heterocycles. The minimum absolute atomic E-state index is 0.271. The molecule has 4 N–H and O–H groups in total. The minimum atomic E-state index is -0.432. The van der Waals surface area contributed by atoms with Crippen molar-refractivity contribution < 1.29 is 28.7 Å². The molecule has 0 aliphatic heterocycles. The number of nitrogens with one attached hydrogen (secondary N) is 4. The first kappa shape index (κ1) is 31.1. The Balaban J connectivity index is 1.55. The molecule has 0 aliphatic carbocycles. The minimum Gasteiger partial charge on any atom is -0.493 e. The second-order valence-electron chi connectivity index (χ2n) is 8.96. The van der Waals surface area contributed by atoms with Crippen molar-refractivity contribution in [1.29, 1.82) is 0 Å². The Morgan fingerprint density at radius 3 is 1.36 bits per heavy atom. The van der Waals surface area contributed by atoms with Crippen molar-refractivity contribution in [2.24, 2.45) is 0 Å². The molecule has 212 valence electrons. The van der Waals surface area contributed by atoms with Crippen molar-refractivity contribution in [1.82, 2.24) is 21.7 Å². The number of hydrogen-bond acceptors (Lipinski definition) is 6. The zero-order valence-corrected chi connectivity index (χ0v) is 22.8. The molecule has 0 radical (unpaired) electrons. The van der Waals surface area contributed by atoms with Gasteiger partial charge in [-0.15, -0.1) is 0 Å². The van der Waals surface area contributed by atoms with Crippen LogP contribution in [0.2, 0.25) is 0 Å². The summed E-state index contributed by atoms with van der Waals surface area (Å²) in [7, 11) is 0. The van der Waals surface area contributed by atoms with Gasteiger partial charge in [0.2, 0.25) is 11.8 Å². The first-order valence-corrected chi connectivity index (χ1v) is 13.6. The molecule has 2 rings (SSSR count). The van der Waals surface area contributed by atoms with Crippen molar-refractivity contribution in [3.05, 3.63) is 59.7 Å². The molecular formula is C29H40N4O6. The van der Waals surface area contributed by atoms with Crippen LogP contribution in [0.4, 0.5) is 0 Å². The van der Waals surface area contributed by atoms with Crippen LogP contribution in [0.25, 0.3) is 0 Å². The van der Waals surface area contributed by atoms with E-state index in [1.807, 2.05) is 13.8 Å². The van der Waals surface area contributed by atoms with Gasteiger partial charge in [0.1, 0.15) is 11.5 Å². The molecule has 0 heterocycles. The van der Waals surface area contributed by atoms with Crippen LogP contribution in [0.15, 0.2) is 48.5 Å². The van der Waals surface area contributed by atoms with Crippen molar-refractivity contribution in [3.8, 4) is 11.5 Å². The van der Waals surface area contributed by atoms with Crippen LogP contribution in [-0.2, 0) is 9.59 Å². The monoisotopic (exact) mass is 540 g/mol. The highest BCUT2D eigenvalue weighted by atomic mass is 16.5. The number of benzene rings is 2. The highest BCUT2D eigenvalue weighted by Crippen LogP contribution is 2.18. The summed E-state index contributed by atoms with van der Waals surface area (Å²) in [4.78, 5) is 48.9. The third-order valence-corrected chi connectivity index (χ3v) is 5.63. The highest BCUT2D eigenvalue weighted by Gasteiger charge is 2.14. The van der Waals surface area contributed by atoms with E-state index in [4.69, 9.17) is 9.47 Å². The number of ether oxygens (including phenoxy) is 2. The molecule has 2 aromatic rings. The molecule has 0 fully saturated rings. The molecule has 0 aromatic heterocycles. The van der Waals surface area contributed by atoms with Crippen LogP contribution in [0, 0.1) is 0 Å². The number of rotatable bonds is 16. The fourth-order valence-electron chi connectivity index (χ4n) is 3.60. The van der Waals surface area contributed by atoms with Crippen LogP contribution < -0.4 is 31.2 Å². The lowest BCUT2D eigenvalue weighted by Gasteiger charge is -2.12. The van der Waals surface area contributed by atoms with Gasteiger partial charge in [-0.1, -0.05) is 57.4 Å². The molecule has 39 heavy (non-hydrogen) atoms. The van der Waals surface area contributed by atoms with Crippen molar-refractivity contribution in [2.45, 2.75) is 71.6 Å². The first-order valence-electron chi connectivity index (χ1n) is 13.6. The van der Waals surface area contributed by atoms with Gasteiger partial charge in [-0.05, 0) is 49.9 Å². The predicted octanol–water partition coefficient (Wildman–Crippen LogP) is 4.22. The number of amides is 4. The summed E-state index contributed by atoms with van der Waals surface area (Å²) in [5.41, 5.74) is 10.5. The maximum absolute atomic E-state index is 12.4. The molecule has 0 atom stereocenters. The average Bonchev–Trinajstić information content (AvgIpc) is 2.96. The number of unbranched alkanes of at least 4 members (excludes halogenated alkanes) is 4. The number of para-hydroxylation sites is 2. The summed E-state index contributed by atoms with van der Waals surface area (Å²) in [5, 5.41) is 0. The molecule has 2 aromatic carbocycles. The molecule has 0 bridgehead atoms. The topological polar surface area (TPSA) is 135 Å². The predicted molar refractivity (Wildman–Crippen MR) is 148 cm³/mol. The third-order valence-electron chi connectivity index (χ3n) is 5.63. The van der Waals surface area contributed by atoms with Gasteiger partial charge in [-0.25, -0.2) is 0 Å². The van der Waals surface area contributed by atoms with Crippen LogP contribution in [0.1, 0.15) is 92.4 Å². The fraction of sp³-hybridized carbons (Fsp3) is 0.448. The van der Waals surface area contributed by atoms with Gasteiger partial charge in [0, 0.05) is 12.8 Å². The van der Waals surface area contributed by atoms with E-state index in [2.05, 4.69) is 21.7 Å². The van der Waals surface area contributed by atoms with Gasteiger partial charge in [0.05, 0.1) is 24.3 Å². The maximum atomic E-state index is 12.4. The molecule has 4 amide bonds. The molecule has 0 unspecified atom stereocenters. The number of hydrazine groups is 2. The molecule has 10 nitrogen and oxygen atoms in total. The lowest BCUT2D eigenvalue weighted by Crippen LogP contribution is -2.41. The quantitative estimate of drug-likeness (QED) is 0.186. The summed E-state index contributed by atoms with van der Waals surface area (Å²) in [6.07, 6.45) is 6.05. The lowest BCUT2D eigenvalue weighted by atomic mass is 10.1. The van der Waals surface area contributed by atoms with Crippen LogP contribution >= 0.6 is 0 Å². The number of carbonyl (C=O) groups is 4. The molecular weight excluding hydrogens is 500 g/mol. The maximum Gasteiger partial charge on any atom is 0.273 e. The van der Waals surface area contributed by atoms with Crippen molar-refractivity contribution >= 4 is 23.6 Å². The van der Waals surface area contributed by atoms with Crippen LogP contribution in [-0.4, -0.2) is 36.8 Å². The molecule has 0 spiro atoms. The van der Waals surface area contributed by atoms with Crippen molar-refractivity contribution in [3.63, 3.8) is 0 Å². The molecule has 10 heteroatoms.